The Kier molecular flexibility index (Phi) is 5.96. The van der Waals surface area contributed by atoms with Gasteiger partial charge in [-0.2, -0.15) is 13.4 Å². The highest BCUT2D eigenvalue weighted by atomic mass is 32.2. The van der Waals surface area contributed by atoms with Crippen molar-refractivity contribution in [2.24, 2.45) is 16.5 Å². The lowest BCUT2D eigenvalue weighted by Crippen LogP contribution is -2.24. The van der Waals surface area contributed by atoms with Gasteiger partial charge in [0.2, 0.25) is 0 Å². The van der Waals surface area contributed by atoms with Crippen molar-refractivity contribution in [2.45, 2.75) is 12.8 Å². The summed E-state index contributed by atoms with van der Waals surface area (Å²) in [5, 5.41) is 0. The molecule has 1 aliphatic carbocycles. The molecule has 1 aliphatic rings. The molecule has 2 aromatic rings. The summed E-state index contributed by atoms with van der Waals surface area (Å²) < 4.78 is 31.0. The van der Waals surface area contributed by atoms with Crippen LogP contribution < -0.4 is 11.5 Å². The van der Waals surface area contributed by atoms with Crippen LogP contribution in [0.5, 0.6) is 0 Å². The second-order valence-electron chi connectivity index (χ2n) is 5.62. The van der Waals surface area contributed by atoms with Gasteiger partial charge in [0.05, 0.1) is 18.8 Å². The third-order valence-electron chi connectivity index (χ3n) is 3.47. The van der Waals surface area contributed by atoms with E-state index in [9.17, 15) is 13.2 Å². The fourth-order valence-corrected chi connectivity index (χ4v) is 2.53. The summed E-state index contributed by atoms with van der Waals surface area (Å²) in [6.45, 7) is 0. The van der Waals surface area contributed by atoms with E-state index in [0.29, 0.717) is 11.8 Å². The van der Waals surface area contributed by atoms with Gasteiger partial charge in [0, 0.05) is 11.1 Å². The zero-order chi connectivity index (χ0) is 19.3. The van der Waals surface area contributed by atoms with Crippen LogP contribution in [-0.4, -0.2) is 31.1 Å². The number of furan rings is 1. The van der Waals surface area contributed by atoms with Crippen LogP contribution >= 0.6 is 0 Å². The molecule has 0 bridgehead atoms. The number of amides is 1. The molecule has 1 aromatic carbocycles. The maximum Gasteiger partial charge on any atom is 0.280 e. The number of allylic oxidation sites excluding steroid dienone is 1. The highest BCUT2D eigenvalue weighted by molar-refractivity contribution is 7.85. The third-order valence-corrected chi connectivity index (χ3v) is 3.47. The van der Waals surface area contributed by atoms with Crippen LogP contribution in [0.2, 0.25) is 0 Å². The molecule has 1 aromatic heterocycles. The van der Waals surface area contributed by atoms with Crippen LogP contribution in [0.4, 0.5) is 0 Å². The smallest absolute Gasteiger partial charge is 0.280 e. The van der Waals surface area contributed by atoms with Gasteiger partial charge in [-0.15, -0.1) is 0 Å². The summed E-state index contributed by atoms with van der Waals surface area (Å²) in [4.78, 5) is 15.5. The molecule has 0 radical (unpaired) electrons. The van der Waals surface area contributed by atoms with Gasteiger partial charge in [-0.05, 0) is 47.7 Å². The van der Waals surface area contributed by atoms with Crippen molar-refractivity contribution < 1.29 is 22.2 Å². The van der Waals surface area contributed by atoms with Crippen molar-refractivity contribution in [3.63, 3.8) is 0 Å². The first kappa shape index (κ1) is 19.4. The number of rotatable bonds is 2. The topological polar surface area (TPSA) is 149 Å². The van der Waals surface area contributed by atoms with Gasteiger partial charge in [0.15, 0.2) is 5.96 Å². The average Bonchev–Trinajstić information content (AvgIpc) is 3.05. The molecule has 0 spiro atoms. The number of hydrogen-bond acceptors (Lipinski definition) is 4. The van der Waals surface area contributed by atoms with Crippen molar-refractivity contribution in [1.29, 1.82) is 0 Å². The number of fused-ring (bicyclic) bond motifs is 1. The zero-order valence-electron chi connectivity index (χ0n) is 14.0. The lowest BCUT2D eigenvalue weighted by molar-refractivity contribution is 0.100. The summed E-state index contributed by atoms with van der Waals surface area (Å²) in [6, 6.07) is 7.46. The number of benzene rings is 1. The Morgan fingerprint density at radius 2 is 1.96 bits per heavy atom. The molecule has 1 amide bonds. The summed E-state index contributed by atoms with van der Waals surface area (Å²) in [7, 11) is -3.67. The van der Waals surface area contributed by atoms with Crippen LogP contribution in [0.1, 0.15) is 33.5 Å². The molecular weight excluding hydrogens is 358 g/mol. The monoisotopic (exact) mass is 377 g/mol. The molecule has 0 saturated carbocycles. The van der Waals surface area contributed by atoms with E-state index in [1.165, 1.54) is 5.56 Å². The number of nitrogens with two attached hydrogens (primary N) is 2. The zero-order valence-corrected chi connectivity index (χ0v) is 14.9. The lowest BCUT2D eigenvalue weighted by atomic mass is 9.87. The minimum Gasteiger partial charge on any atom is -0.472 e. The molecule has 138 valence electrons. The molecule has 3 rings (SSSR count). The molecule has 0 fully saturated rings. The van der Waals surface area contributed by atoms with E-state index in [1.807, 2.05) is 18.2 Å². The van der Waals surface area contributed by atoms with E-state index < -0.39 is 16.0 Å². The predicted molar refractivity (Wildman–Crippen MR) is 98.2 cm³/mol. The molecule has 8 nitrogen and oxygen atoms in total. The number of nitrogens with zero attached hydrogens (tertiary/aromatic N) is 1. The minimum absolute atomic E-state index is 0.233. The summed E-state index contributed by atoms with van der Waals surface area (Å²) in [5.41, 5.74) is 15.3. The van der Waals surface area contributed by atoms with Crippen molar-refractivity contribution in [3.8, 4) is 0 Å². The molecule has 0 atom stereocenters. The van der Waals surface area contributed by atoms with Gasteiger partial charge < -0.3 is 15.9 Å². The van der Waals surface area contributed by atoms with E-state index >= 15 is 0 Å². The molecular formula is C17H19N3O5S. The largest absolute Gasteiger partial charge is 0.472 e. The van der Waals surface area contributed by atoms with Crippen LogP contribution in [0.3, 0.4) is 0 Å². The predicted octanol–water partition coefficient (Wildman–Crippen LogP) is 1.58. The number of hydrogen-bond donors (Lipinski definition) is 3. The van der Waals surface area contributed by atoms with E-state index in [0.717, 1.165) is 29.5 Å². The Balaban J connectivity index is 0.000000431. The number of carbonyl (C=O) groups is 1. The van der Waals surface area contributed by atoms with Crippen molar-refractivity contribution >= 4 is 27.6 Å². The van der Waals surface area contributed by atoms with E-state index in [2.05, 4.69) is 11.1 Å². The Bertz CT molecular complexity index is 948. The molecule has 0 saturated heterocycles. The first-order chi connectivity index (χ1) is 12.1. The normalized spacial score (nSPS) is 12.9. The summed E-state index contributed by atoms with van der Waals surface area (Å²) in [6.07, 6.45) is 8.13. The van der Waals surface area contributed by atoms with Crippen LogP contribution in [0, 0.1) is 0 Å². The van der Waals surface area contributed by atoms with Crippen molar-refractivity contribution in [3.05, 3.63) is 65.1 Å². The van der Waals surface area contributed by atoms with Crippen molar-refractivity contribution in [2.75, 3.05) is 6.26 Å². The Morgan fingerprint density at radius 1 is 1.27 bits per heavy atom. The lowest BCUT2D eigenvalue weighted by Gasteiger charge is -2.17. The third kappa shape index (κ3) is 5.57. The SMILES string of the molecule is CS(=O)(=O)O.NC(N)=NC(=O)c1ccc2c(c1)C(c1ccoc1)=CCC2. The number of aliphatic imine (C=N–C) groups is 1. The van der Waals surface area contributed by atoms with Gasteiger partial charge in [-0.1, -0.05) is 12.1 Å². The summed E-state index contributed by atoms with van der Waals surface area (Å²) >= 11 is 0. The average molecular weight is 377 g/mol. The first-order valence-electron chi connectivity index (χ1n) is 7.57. The molecule has 0 aliphatic heterocycles. The molecule has 5 N–H and O–H groups in total. The number of aryl methyl sites for hydroxylation is 1. The van der Waals surface area contributed by atoms with E-state index in [-0.39, 0.29) is 5.96 Å². The second kappa shape index (κ2) is 7.98. The molecule has 1 heterocycles. The standard InChI is InChI=1S/C16H15N3O2.CH4O3S/c17-16(18)19-15(20)11-5-4-10-2-1-3-13(14(10)8-11)12-6-7-21-9-12;1-5(2,3)4/h3-9H,1-2H2,(H4,17,18,19,20);1H3,(H,2,3,4). The Hall–Kier alpha value is -2.91. The number of guanidine groups is 1. The quantitative estimate of drug-likeness (QED) is 0.408. The fraction of sp³-hybridized carbons (Fsp3) is 0.176. The minimum atomic E-state index is -3.67. The molecule has 0 unspecified atom stereocenters. The highest BCUT2D eigenvalue weighted by Crippen LogP contribution is 2.32. The fourth-order valence-electron chi connectivity index (χ4n) is 2.53. The van der Waals surface area contributed by atoms with Crippen LogP contribution in [0.15, 0.2) is 52.3 Å². The van der Waals surface area contributed by atoms with Gasteiger partial charge >= 0.3 is 0 Å². The van der Waals surface area contributed by atoms with Crippen molar-refractivity contribution in [1.82, 2.24) is 0 Å². The number of carbonyl (C=O) groups excluding carboxylic acids is 1. The maximum absolute atomic E-state index is 11.9. The second-order valence-corrected chi connectivity index (χ2v) is 7.08. The first-order valence-corrected chi connectivity index (χ1v) is 9.42. The summed E-state index contributed by atoms with van der Waals surface area (Å²) in [5.74, 6) is -0.668. The van der Waals surface area contributed by atoms with E-state index in [1.54, 1.807) is 18.6 Å². The van der Waals surface area contributed by atoms with Gasteiger partial charge in [-0.25, -0.2) is 0 Å². The molecule has 26 heavy (non-hydrogen) atoms. The van der Waals surface area contributed by atoms with Gasteiger partial charge in [-0.3, -0.25) is 9.35 Å². The highest BCUT2D eigenvalue weighted by Gasteiger charge is 2.17. The maximum atomic E-state index is 11.9. The molecule has 9 heteroatoms. The van der Waals surface area contributed by atoms with Crippen LogP contribution in [0.25, 0.3) is 5.57 Å². The van der Waals surface area contributed by atoms with E-state index in [4.69, 9.17) is 20.4 Å². The van der Waals surface area contributed by atoms with Crippen LogP contribution in [-0.2, 0) is 16.5 Å². The van der Waals surface area contributed by atoms with Gasteiger partial charge in [0.25, 0.3) is 16.0 Å². The van der Waals surface area contributed by atoms with Gasteiger partial charge in [0.1, 0.15) is 0 Å². The Morgan fingerprint density at radius 3 is 2.54 bits per heavy atom. The Labute approximate surface area is 151 Å².